The van der Waals surface area contributed by atoms with Crippen LogP contribution in [0.15, 0.2) is 30.3 Å². The van der Waals surface area contributed by atoms with Crippen molar-refractivity contribution in [3.63, 3.8) is 0 Å². The number of rotatable bonds is 6. The van der Waals surface area contributed by atoms with Crippen LogP contribution in [0.1, 0.15) is 5.56 Å². The van der Waals surface area contributed by atoms with E-state index in [2.05, 4.69) is 0 Å². The third-order valence-corrected chi connectivity index (χ3v) is 2.64. The predicted molar refractivity (Wildman–Crippen MR) is 63.4 cm³/mol. The minimum absolute atomic E-state index is 0.184. The summed E-state index contributed by atoms with van der Waals surface area (Å²) >= 11 is 0. The maximum Gasteiger partial charge on any atom is 0.329 e. The van der Waals surface area contributed by atoms with Crippen molar-refractivity contribution in [1.82, 2.24) is 4.90 Å². The molecule has 18 heavy (non-hydrogen) atoms. The Morgan fingerprint density at radius 1 is 1.44 bits per heavy atom. The van der Waals surface area contributed by atoms with Crippen LogP contribution in [0.4, 0.5) is 8.78 Å². The van der Waals surface area contributed by atoms with Gasteiger partial charge in [0.25, 0.3) is 6.43 Å². The quantitative estimate of drug-likeness (QED) is 0.802. The molecule has 0 aliphatic carbocycles. The van der Waals surface area contributed by atoms with Crippen LogP contribution in [0, 0.1) is 0 Å². The molecule has 100 valence electrons. The Hall–Kier alpha value is -1.53. The Morgan fingerprint density at radius 3 is 2.44 bits per heavy atom. The maximum absolute atomic E-state index is 12.2. The van der Waals surface area contributed by atoms with Crippen LogP contribution in [-0.4, -0.2) is 42.5 Å². The highest BCUT2D eigenvalue weighted by Crippen LogP contribution is 2.20. The monoisotopic (exact) mass is 258 g/mol. The zero-order chi connectivity index (χ0) is 13.8. The lowest BCUT2D eigenvalue weighted by molar-refractivity contribution is -0.144. The fraction of sp³-hybridized carbons (Fsp3) is 0.417. The van der Waals surface area contributed by atoms with E-state index in [4.69, 9.17) is 5.73 Å². The van der Waals surface area contributed by atoms with Crippen molar-refractivity contribution in [2.24, 2.45) is 5.73 Å². The van der Waals surface area contributed by atoms with E-state index < -0.39 is 24.5 Å². The lowest BCUT2D eigenvalue weighted by atomic mass is 9.90. The first-order valence-electron chi connectivity index (χ1n) is 5.40. The van der Waals surface area contributed by atoms with Gasteiger partial charge in [-0.15, -0.1) is 0 Å². The van der Waals surface area contributed by atoms with E-state index >= 15 is 0 Å². The number of aliphatic carboxylic acids is 1. The highest BCUT2D eigenvalue weighted by atomic mass is 19.3. The van der Waals surface area contributed by atoms with Gasteiger partial charge < -0.3 is 10.8 Å². The highest BCUT2D eigenvalue weighted by molar-refractivity contribution is 5.80. The summed E-state index contributed by atoms with van der Waals surface area (Å²) in [5.74, 6) is -1.24. The number of likely N-dealkylation sites (N-methyl/N-ethyl adjacent to an activating group) is 1. The van der Waals surface area contributed by atoms with Gasteiger partial charge in [-0.25, -0.2) is 13.6 Å². The van der Waals surface area contributed by atoms with E-state index in [0.29, 0.717) is 5.56 Å². The molecule has 1 aromatic carbocycles. The summed E-state index contributed by atoms with van der Waals surface area (Å²) in [5, 5.41) is 9.23. The molecule has 0 saturated carbocycles. The van der Waals surface area contributed by atoms with Gasteiger partial charge in [0.2, 0.25) is 0 Å². The summed E-state index contributed by atoms with van der Waals surface area (Å²) in [6.45, 7) is -0.699. The zero-order valence-corrected chi connectivity index (χ0v) is 10.0. The van der Waals surface area contributed by atoms with Crippen LogP contribution < -0.4 is 5.73 Å². The van der Waals surface area contributed by atoms with Crippen molar-refractivity contribution in [2.75, 3.05) is 20.1 Å². The molecular formula is C12H16F2N2O2. The van der Waals surface area contributed by atoms with Crippen molar-refractivity contribution in [1.29, 1.82) is 0 Å². The van der Waals surface area contributed by atoms with Crippen LogP contribution in [0.2, 0.25) is 0 Å². The van der Waals surface area contributed by atoms with Crippen LogP contribution >= 0.6 is 0 Å². The Bertz CT molecular complexity index is 400. The number of hydrogen-bond donors (Lipinski definition) is 2. The van der Waals surface area contributed by atoms with Crippen molar-refractivity contribution >= 4 is 5.97 Å². The fourth-order valence-corrected chi connectivity index (χ4v) is 1.74. The lowest BCUT2D eigenvalue weighted by Crippen LogP contribution is -2.53. The number of nitrogens with zero attached hydrogens (tertiary/aromatic N) is 1. The van der Waals surface area contributed by atoms with Gasteiger partial charge in [-0.1, -0.05) is 30.3 Å². The van der Waals surface area contributed by atoms with Gasteiger partial charge in [0.1, 0.15) is 0 Å². The summed E-state index contributed by atoms with van der Waals surface area (Å²) < 4.78 is 24.5. The van der Waals surface area contributed by atoms with E-state index in [1.807, 2.05) is 0 Å². The number of carboxylic acids is 1. The highest BCUT2D eigenvalue weighted by Gasteiger charge is 2.37. The summed E-state index contributed by atoms with van der Waals surface area (Å²) in [6, 6.07) is 8.20. The van der Waals surface area contributed by atoms with Crippen molar-refractivity contribution in [3.05, 3.63) is 35.9 Å². The Labute approximate surface area is 104 Å². The van der Waals surface area contributed by atoms with E-state index in [-0.39, 0.29) is 6.54 Å². The number of halogens is 2. The molecule has 6 heteroatoms. The number of benzene rings is 1. The smallest absolute Gasteiger partial charge is 0.329 e. The molecule has 0 spiro atoms. The second kappa shape index (κ2) is 5.88. The topological polar surface area (TPSA) is 66.6 Å². The average Bonchev–Trinajstić information content (AvgIpc) is 2.28. The normalized spacial score (nSPS) is 14.8. The van der Waals surface area contributed by atoms with Gasteiger partial charge in [-0.3, -0.25) is 4.90 Å². The van der Waals surface area contributed by atoms with Crippen molar-refractivity contribution in [3.8, 4) is 0 Å². The van der Waals surface area contributed by atoms with E-state index in [1.54, 1.807) is 30.3 Å². The Balaban J connectivity index is 2.92. The summed E-state index contributed by atoms with van der Waals surface area (Å²) in [6.07, 6.45) is -2.52. The summed E-state index contributed by atoms with van der Waals surface area (Å²) in [4.78, 5) is 12.5. The standard InChI is InChI=1S/C12H16F2N2O2/c1-16(7-10(13)14)8-12(15,11(17)18)9-5-3-2-4-6-9/h2-6,10H,7-8,15H2,1H3,(H,17,18). The average molecular weight is 258 g/mol. The largest absolute Gasteiger partial charge is 0.480 e. The number of hydrogen-bond acceptors (Lipinski definition) is 3. The molecular weight excluding hydrogens is 242 g/mol. The second-order valence-corrected chi connectivity index (χ2v) is 4.23. The van der Waals surface area contributed by atoms with Gasteiger partial charge in [-0.05, 0) is 12.6 Å². The first-order valence-corrected chi connectivity index (χ1v) is 5.40. The molecule has 0 aromatic heterocycles. The van der Waals surface area contributed by atoms with Crippen LogP contribution in [0.5, 0.6) is 0 Å². The minimum Gasteiger partial charge on any atom is -0.480 e. The number of carboxylic acid groups (broad SMARTS) is 1. The molecule has 0 amide bonds. The molecule has 0 saturated heterocycles. The zero-order valence-electron chi connectivity index (χ0n) is 10.0. The van der Waals surface area contributed by atoms with Gasteiger partial charge >= 0.3 is 5.97 Å². The third kappa shape index (κ3) is 3.48. The molecule has 4 nitrogen and oxygen atoms in total. The molecule has 1 aromatic rings. The van der Waals surface area contributed by atoms with Gasteiger partial charge in [0, 0.05) is 6.54 Å². The first kappa shape index (κ1) is 14.5. The molecule has 0 radical (unpaired) electrons. The summed E-state index contributed by atoms with van der Waals surface area (Å²) in [7, 11) is 1.42. The molecule has 0 fully saturated rings. The van der Waals surface area contributed by atoms with Gasteiger partial charge in [0.05, 0.1) is 6.54 Å². The molecule has 0 aliphatic heterocycles. The SMILES string of the molecule is CN(CC(F)F)CC(N)(C(=O)O)c1ccccc1. The van der Waals surface area contributed by atoms with E-state index in [0.717, 1.165) is 0 Å². The Morgan fingerprint density at radius 2 is 2.00 bits per heavy atom. The van der Waals surface area contributed by atoms with Crippen molar-refractivity contribution < 1.29 is 18.7 Å². The van der Waals surface area contributed by atoms with Crippen LogP contribution in [0.25, 0.3) is 0 Å². The molecule has 1 unspecified atom stereocenters. The van der Waals surface area contributed by atoms with E-state index in [9.17, 15) is 18.7 Å². The number of nitrogens with two attached hydrogens (primary N) is 1. The first-order chi connectivity index (χ1) is 8.36. The van der Waals surface area contributed by atoms with Crippen LogP contribution in [0.3, 0.4) is 0 Å². The number of alkyl halides is 2. The molecule has 0 bridgehead atoms. The second-order valence-electron chi connectivity index (χ2n) is 4.23. The molecule has 0 aliphatic rings. The Kier molecular flexibility index (Phi) is 4.75. The predicted octanol–water partition coefficient (Wildman–Crippen LogP) is 1.12. The third-order valence-electron chi connectivity index (χ3n) is 2.64. The van der Waals surface area contributed by atoms with Crippen LogP contribution in [-0.2, 0) is 10.3 Å². The fourth-order valence-electron chi connectivity index (χ4n) is 1.74. The minimum atomic E-state index is -2.52. The molecule has 1 rings (SSSR count). The van der Waals surface area contributed by atoms with Gasteiger partial charge in [-0.2, -0.15) is 0 Å². The van der Waals surface area contributed by atoms with Crippen molar-refractivity contribution in [2.45, 2.75) is 12.0 Å². The maximum atomic E-state index is 12.2. The van der Waals surface area contributed by atoms with Gasteiger partial charge in [0.15, 0.2) is 5.54 Å². The molecule has 3 N–H and O–H groups in total. The lowest BCUT2D eigenvalue weighted by Gasteiger charge is -2.30. The van der Waals surface area contributed by atoms with E-state index in [1.165, 1.54) is 11.9 Å². The molecule has 0 heterocycles. The summed E-state index contributed by atoms with van der Waals surface area (Å²) in [5.41, 5.74) is 4.55. The molecule has 1 atom stereocenters. The number of carbonyl (C=O) groups is 1.